The van der Waals surface area contributed by atoms with Gasteiger partial charge in [0.2, 0.25) is 11.8 Å². The van der Waals surface area contributed by atoms with Crippen molar-refractivity contribution in [3.63, 3.8) is 0 Å². The van der Waals surface area contributed by atoms with Gasteiger partial charge in [0, 0.05) is 33.7 Å². The molecule has 0 unspecified atom stereocenters. The minimum absolute atomic E-state index is 0.0132. The Labute approximate surface area is 108 Å². The maximum absolute atomic E-state index is 11.8. The van der Waals surface area contributed by atoms with E-state index in [1.165, 1.54) is 0 Å². The number of nitrogens with one attached hydrogen (secondary N) is 1. The lowest BCUT2D eigenvalue weighted by Crippen LogP contribution is -2.39. The molecule has 2 amide bonds. The number of methoxy groups -OCH3 is 2. The standard InChI is InChI=1S/C12H22N2O4/c1-9(8-18-3)14-7-10(6-11(14)15)12(16)13-4-5-17-2/h9-10H,4-8H2,1-3H3,(H,13,16)/t9-,10-/m1/s1. The van der Waals surface area contributed by atoms with Crippen molar-refractivity contribution in [2.75, 3.05) is 40.5 Å². The zero-order valence-electron chi connectivity index (χ0n) is 11.3. The Morgan fingerprint density at radius 3 is 2.83 bits per heavy atom. The van der Waals surface area contributed by atoms with Crippen molar-refractivity contribution < 1.29 is 19.1 Å². The summed E-state index contributed by atoms with van der Waals surface area (Å²) in [6.45, 7) is 3.85. The summed E-state index contributed by atoms with van der Waals surface area (Å²) in [5.74, 6) is -0.312. The third kappa shape index (κ3) is 3.96. The van der Waals surface area contributed by atoms with Crippen molar-refractivity contribution in [3.8, 4) is 0 Å². The van der Waals surface area contributed by atoms with Crippen LogP contribution in [0.1, 0.15) is 13.3 Å². The van der Waals surface area contributed by atoms with E-state index in [-0.39, 0.29) is 30.2 Å². The van der Waals surface area contributed by atoms with E-state index >= 15 is 0 Å². The fourth-order valence-electron chi connectivity index (χ4n) is 2.09. The van der Waals surface area contributed by atoms with Crippen LogP contribution < -0.4 is 5.32 Å². The van der Waals surface area contributed by atoms with E-state index in [0.717, 1.165) is 0 Å². The average molecular weight is 258 g/mol. The van der Waals surface area contributed by atoms with Crippen molar-refractivity contribution in [3.05, 3.63) is 0 Å². The van der Waals surface area contributed by atoms with E-state index in [1.807, 2.05) is 6.92 Å². The van der Waals surface area contributed by atoms with Crippen LogP contribution in [0.3, 0.4) is 0 Å². The molecule has 0 spiro atoms. The first-order valence-electron chi connectivity index (χ1n) is 6.15. The smallest absolute Gasteiger partial charge is 0.225 e. The fourth-order valence-corrected chi connectivity index (χ4v) is 2.09. The highest BCUT2D eigenvalue weighted by molar-refractivity contribution is 5.89. The van der Waals surface area contributed by atoms with E-state index in [1.54, 1.807) is 19.1 Å². The van der Waals surface area contributed by atoms with Crippen LogP contribution in [0.15, 0.2) is 0 Å². The van der Waals surface area contributed by atoms with Gasteiger partial charge >= 0.3 is 0 Å². The predicted octanol–water partition coefficient (Wildman–Crippen LogP) is -0.368. The minimum Gasteiger partial charge on any atom is -0.383 e. The molecule has 1 saturated heterocycles. The molecule has 1 aliphatic rings. The van der Waals surface area contributed by atoms with Gasteiger partial charge in [-0.15, -0.1) is 0 Å². The SMILES string of the molecule is COCCNC(=O)[C@@H]1CC(=O)N([C@H](C)COC)C1. The number of nitrogens with zero attached hydrogens (tertiary/aromatic N) is 1. The highest BCUT2D eigenvalue weighted by Gasteiger charge is 2.36. The molecule has 0 aromatic rings. The fraction of sp³-hybridized carbons (Fsp3) is 0.833. The van der Waals surface area contributed by atoms with Crippen LogP contribution in [0.25, 0.3) is 0 Å². The number of amides is 2. The molecule has 0 saturated carbocycles. The van der Waals surface area contributed by atoms with E-state index in [0.29, 0.717) is 26.3 Å². The summed E-state index contributed by atoms with van der Waals surface area (Å²) >= 11 is 0. The summed E-state index contributed by atoms with van der Waals surface area (Å²) in [5.41, 5.74) is 0. The molecule has 6 heteroatoms. The Bertz CT molecular complexity index is 296. The van der Waals surface area contributed by atoms with Crippen molar-refractivity contribution in [1.29, 1.82) is 0 Å². The van der Waals surface area contributed by atoms with Gasteiger partial charge in [0.25, 0.3) is 0 Å². The van der Waals surface area contributed by atoms with E-state index in [9.17, 15) is 9.59 Å². The topological polar surface area (TPSA) is 67.9 Å². The summed E-state index contributed by atoms with van der Waals surface area (Å²) in [6.07, 6.45) is 0.285. The normalized spacial score (nSPS) is 21.2. The lowest BCUT2D eigenvalue weighted by atomic mass is 10.1. The summed E-state index contributed by atoms with van der Waals surface area (Å²) < 4.78 is 9.89. The molecule has 0 aromatic carbocycles. The van der Waals surface area contributed by atoms with Gasteiger partial charge in [0.1, 0.15) is 0 Å². The minimum atomic E-state index is -0.256. The molecular formula is C12H22N2O4. The molecule has 6 nitrogen and oxygen atoms in total. The monoisotopic (exact) mass is 258 g/mol. The van der Waals surface area contributed by atoms with Crippen molar-refractivity contribution in [1.82, 2.24) is 10.2 Å². The number of carbonyl (C=O) groups is 2. The lowest BCUT2D eigenvalue weighted by molar-refractivity contribution is -0.130. The first-order chi connectivity index (χ1) is 8.60. The molecule has 0 radical (unpaired) electrons. The summed E-state index contributed by atoms with van der Waals surface area (Å²) in [6, 6.07) is 0.0132. The third-order valence-electron chi connectivity index (χ3n) is 3.07. The number of rotatable bonds is 7. The molecule has 1 heterocycles. The number of carbonyl (C=O) groups excluding carboxylic acids is 2. The van der Waals surface area contributed by atoms with Crippen LogP contribution >= 0.6 is 0 Å². The molecule has 1 fully saturated rings. The summed E-state index contributed by atoms with van der Waals surface area (Å²) in [5, 5.41) is 2.76. The lowest BCUT2D eigenvalue weighted by Gasteiger charge is -2.23. The maximum Gasteiger partial charge on any atom is 0.225 e. The molecule has 1 rings (SSSR count). The molecule has 1 N–H and O–H groups in total. The van der Waals surface area contributed by atoms with Gasteiger partial charge < -0.3 is 19.7 Å². The Hall–Kier alpha value is -1.14. The molecule has 2 atom stereocenters. The second-order valence-corrected chi connectivity index (χ2v) is 4.54. The van der Waals surface area contributed by atoms with Gasteiger partial charge in [0.05, 0.1) is 25.2 Å². The second kappa shape index (κ2) is 7.33. The first-order valence-corrected chi connectivity index (χ1v) is 6.15. The van der Waals surface area contributed by atoms with Crippen molar-refractivity contribution in [2.24, 2.45) is 5.92 Å². The molecule has 1 aliphatic heterocycles. The van der Waals surface area contributed by atoms with Crippen molar-refractivity contribution >= 4 is 11.8 Å². The Balaban J connectivity index is 2.42. The molecule has 0 bridgehead atoms. The Morgan fingerprint density at radius 2 is 2.22 bits per heavy atom. The molecule has 0 aromatic heterocycles. The second-order valence-electron chi connectivity index (χ2n) is 4.54. The number of ether oxygens (including phenoxy) is 2. The van der Waals surface area contributed by atoms with Gasteiger partial charge in [-0.25, -0.2) is 0 Å². The Kier molecular flexibility index (Phi) is 6.07. The summed E-state index contributed by atoms with van der Waals surface area (Å²) in [4.78, 5) is 25.3. The van der Waals surface area contributed by atoms with E-state index in [4.69, 9.17) is 9.47 Å². The summed E-state index contributed by atoms with van der Waals surface area (Å²) in [7, 11) is 3.19. The van der Waals surface area contributed by atoms with E-state index in [2.05, 4.69) is 5.32 Å². The van der Waals surface area contributed by atoms with Gasteiger partial charge in [-0.1, -0.05) is 0 Å². The van der Waals surface area contributed by atoms with Crippen LogP contribution in [0.2, 0.25) is 0 Å². The zero-order valence-corrected chi connectivity index (χ0v) is 11.3. The molecule has 0 aliphatic carbocycles. The largest absolute Gasteiger partial charge is 0.383 e. The third-order valence-corrected chi connectivity index (χ3v) is 3.07. The van der Waals surface area contributed by atoms with Crippen LogP contribution in [-0.2, 0) is 19.1 Å². The molecular weight excluding hydrogens is 236 g/mol. The highest BCUT2D eigenvalue weighted by Crippen LogP contribution is 2.20. The van der Waals surface area contributed by atoms with Crippen LogP contribution in [-0.4, -0.2) is 63.3 Å². The van der Waals surface area contributed by atoms with Crippen LogP contribution in [0.5, 0.6) is 0 Å². The predicted molar refractivity (Wildman–Crippen MR) is 66.0 cm³/mol. The quantitative estimate of drug-likeness (QED) is 0.633. The van der Waals surface area contributed by atoms with Crippen LogP contribution in [0.4, 0.5) is 0 Å². The van der Waals surface area contributed by atoms with Gasteiger partial charge in [-0.3, -0.25) is 9.59 Å². The van der Waals surface area contributed by atoms with E-state index < -0.39 is 0 Å². The Morgan fingerprint density at radius 1 is 1.50 bits per heavy atom. The van der Waals surface area contributed by atoms with Gasteiger partial charge in [-0.05, 0) is 6.92 Å². The van der Waals surface area contributed by atoms with Crippen molar-refractivity contribution in [2.45, 2.75) is 19.4 Å². The number of hydrogen-bond donors (Lipinski definition) is 1. The van der Waals surface area contributed by atoms with Crippen LogP contribution in [0, 0.1) is 5.92 Å². The van der Waals surface area contributed by atoms with Gasteiger partial charge in [0.15, 0.2) is 0 Å². The first kappa shape index (κ1) is 14.9. The zero-order chi connectivity index (χ0) is 13.5. The number of hydrogen-bond acceptors (Lipinski definition) is 4. The average Bonchev–Trinajstić information content (AvgIpc) is 2.72. The molecule has 18 heavy (non-hydrogen) atoms. The maximum atomic E-state index is 11.8. The highest BCUT2D eigenvalue weighted by atomic mass is 16.5. The van der Waals surface area contributed by atoms with Gasteiger partial charge in [-0.2, -0.15) is 0 Å². The number of likely N-dealkylation sites (tertiary alicyclic amines) is 1. The molecule has 104 valence electrons.